The summed E-state index contributed by atoms with van der Waals surface area (Å²) in [5.74, 6) is -2.37. The van der Waals surface area contributed by atoms with Gasteiger partial charge in [0.15, 0.2) is 0 Å². The average molecular weight is 577 g/mol. The minimum Gasteiger partial charge on any atom is -0.467 e. The van der Waals surface area contributed by atoms with E-state index in [-0.39, 0.29) is 31.3 Å². The van der Waals surface area contributed by atoms with Crippen LogP contribution in [0.15, 0.2) is 41.4 Å². The number of rotatable bonds is 6. The van der Waals surface area contributed by atoms with Gasteiger partial charge in [0.05, 0.1) is 7.11 Å². The van der Waals surface area contributed by atoms with Crippen LogP contribution in [0.3, 0.4) is 0 Å². The molecule has 42 heavy (non-hydrogen) atoms. The predicted molar refractivity (Wildman–Crippen MR) is 159 cm³/mol. The van der Waals surface area contributed by atoms with Crippen LogP contribution in [0.25, 0.3) is 21.8 Å². The van der Waals surface area contributed by atoms with Crippen LogP contribution >= 0.6 is 0 Å². The highest BCUT2D eigenvalue weighted by atomic mass is 16.5. The summed E-state index contributed by atoms with van der Waals surface area (Å²) in [4.78, 5) is 58.9. The average Bonchev–Trinajstić information content (AvgIpc) is 3.31. The van der Waals surface area contributed by atoms with E-state index in [2.05, 4.69) is 44.1 Å². The fourth-order valence-corrected chi connectivity index (χ4v) is 5.34. The van der Waals surface area contributed by atoms with Crippen molar-refractivity contribution in [2.24, 2.45) is 10.7 Å². The fraction of sp³-hybridized carbons (Fsp3) is 0.433. The lowest BCUT2D eigenvalue weighted by atomic mass is 9.99. The van der Waals surface area contributed by atoms with E-state index in [1.807, 2.05) is 18.2 Å². The van der Waals surface area contributed by atoms with Gasteiger partial charge in [0, 0.05) is 41.7 Å². The lowest BCUT2D eigenvalue weighted by Crippen LogP contribution is -2.56. The summed E-state index contributed by atoms with van der Waals surface area (Å²) in [6.45, 7) is 1.52. The minimum atomic E-state index is -1.02. The van der Waals surface area contributed by atoms with E-state index in [0.29, 0.717) is 19.3 Å². The lowest BCUT2D eigenvalue weighted by Gasteiger charge is -2.25. The number of hydrogen-bond donors (Lipinski definition) is 5. The van der Waals surface area contributed by atoms with Crippen LogP contribution in [0.5, 0.6) is 0 Å². The minimum absolute atomic E-state index is 0.178. The Labute approximate surface area is 244 Å². The zero-order chi connectivity index (χ0) is 30.2. The maximum absolute atomic E-state index is 13.5. The van der Waals surface area contributed by atoms with E-state index < -0.39 is 35.9 Å². The molecule has 0 aliphatic carbocycles. The molecule has 0 fully saturated rings. The first-order valence-electron chi connectivity index (χ1n) is 14.1. The van der Waals surface area contributed by atoms with Gasteiger partial charge in [-0.1, -0.05) is 18.6 Å². The molecule has 0 saturated carbocycles. The molecule has 0 spiro atoms. The SMILES string of the molecule is COC(=O)[C@@H]1CCCCc2ccc3[nH]c4ccc(cc4c3c2)CC(NC(C)=O)C(=O)N[C@@H](CCCN=C([NH])N)C(=O)N1. The summed E-state index contributed by atoms with van der Waals surface area (Å²) < 4.78 is 4.95. The standard InChI is InChI=1S/C30H38N7O5/c1-17(38)34-26-16-19-10-12-23-21(15-19)20-14-18(9-11-22(20)35-23)6-3-4-7-25(29(41)42-2)37-27(39)24(36-28(26)40)8-5-13-33-30(31)32/h9-12,14-15,24-26,31,35H,3-8,13,16H2,1-2H3,(H2,32,33)(H,34,38)(H,36,40)(H,37,39)/t24-,25-,26?/m0/s1. The number of guanidine groups is 1. The number of aliphatic imine (C=N–C) groups is 1. The van der Waals surface area contributed by atoms with Gasteiger partial charge >= 0.3 is 5.97 Å². The lowest BCUT2D eigenvalue weighted by molar-refractivity contribution is -0.145. The fourth-order valence-electron chi connectivity index (χ4n) is 5.34. The Balaban J connectivity index is 1.70. The van der Waals surface area contributed by atoms with Crippen LogP contribution in [0.1, 0.15) is 50.2 Å². The van der Waals surface area contributed by atoms with Crippen LogP contribution in [-0.2, 0) is 36.8 Å². The van der Waals surface area contributed by atoms with Crippen LogP contribution in [-0.4, -0.2) is 66.4 Å². The van der Waals surface area contributed by atoms with Gasteiger partial charge in [0.2, 0.25) is 23.7 Å². The van der Waals surface area contributed by atoms with Crippen LogP contribution in [0.4, 0.5) is 0 Å². The molecule has 223 valence electrons. The van der Waals surface area contributed by atoms with Gasteiger partial charge in [-0.3, -0.25) is 25.1 Å². The van der Waals surface area contributed by atoms with Crippen LogP contribution < -0.4 is 27.4 Å². The monoisotopic (exact) mass is 576 g/mol. The smallest absolute Gasteiger partial charge is 0.328 e. The van der Waals surface area contributed by atoms with Gasteiger partial charge in [-0.25, -0.2) is 4.79 Å². The first-order valence-corrected chi connectivity index (χ1v) is 14.1. The van der Waals surface area contributed by atoms with Crippen LogP contribution in [0.2, 0.25) is 0 Å². The van der Waals surface area contributed by atoms with Crippen molar-refractivity contribution in [1.82, 2.24) is 26.7 Å². The maximum Gasteiger partial charge on any atom is 0.328 e. The van der Waals surface area contributed by atoms with E-state index in [4.69, 9.17) is 16.2 Å². The third kappa shape index (κ3) is 7.77. The zero-order valence-corrected chi connectivity index (χ0v) is 23.9. The Kier molecular flexibility index (Phi) is 10.00. The Hall–Kier alpha value is -4.61. The molecule has 4 rings (SSSR count). The van der Waals surface area contributed by atoms with Crippen molar-refractivity contribution in [1.29, 1.82) is 0 Å². The van der Waals surface area contributed by atoms with E-state index in [0.717, 1.165) is 45.8 Å². The third-order valence-electron chi connectivity index (χ3n) is 7.44. The van der Waals surface area contributed by atoms with Crippen molar-refractivity contribution >= 4 is 51.5 Å². The molecule has 1 aliphatic heterocycles. The Morgan fingerprint density at radius 3 is 2.40 bits per heavy atom. The number of amides is 3. The van der Waals surface area contributed by atoms with Crippen LogP contribution in [0, 0.1) is 0 Å². The molecule has 3 amide bonds. The maximum atomic E-state index is 13.5. The second-order valence-electron chi connectivity index (χ2n) is 10.6. The van der Waals surface area contributed by atoms with Gasteiger partial charge in [0.1, 0.15) is 18.1 Å². The second-order valence-corrected chi connectivity index (χ2v) is 10.6. The number of benzene rings is 2. The number of aryl methyl sites for hydroxylation is 1. The second kappa shape index (κ2) is 13.8. The number of methoxy groups -OCH3 is 1. The molecule has 1 radical (unpaired) electrons. The number of fused-ring (bicyclic) bond motifs is 2. The van der Waals surface area contributed by atoms with E-state index in [9.17, 15) is 19.2 Å². The number of carbonyl (C=O) groups is 4. The van der Waals surface area contributed by atoms with Gasteiger partial charge in [0.25, 0.3) is 0 Å². The quantitative estimate of drug-likeness (QED) is 0.128. The molecule has 2 aromatic carbocycles. The highest BCUT2D eigenvalue weighted by molar-refractivity contribution is 6.07. The number of esters is 1. The van der Waals surface area contributed by atoms with Crippen molar-refractivity contribution < 1.29 is 23.9 Å². The molecule has 0 saturated heterocycles. The summed E-state index contributed by atoms with van der Waals surface area (Å²) in [6, 6.07) is 9.33. The largest absolute Gasteiger partial charge is 0.467 e. The summed E-state index contributed by atoms with van der Waals surface area (Å²) in [6.07, 6.45) is 3.36. The molecule has 7 N–H and O–H groups in total. The number of nitrogens with two attached hydrogens (primary N) is 1. The number of nitrogens with zero attached hydrogens (tertiary/aromatic N) is 1. The number of hydrogen-bond acceptors (Lipinski definition) is 6. The molecule has 3 aromatic rings. The number of aromatic amines is 1. The first-order chi connectivity index (χ1) is 20.1. The van der Waals surface area contributed by atoms with Crippen molar-refractivity contribution in [2.75, 3.05) is 13.7 Å². The van der Waals surface area contributed by atoms with Crippen molar-refractivity contribution in [3.05, 3.63) is 47.5 Å². The van der Waals surface area contributed by atoms with Gasteiger partial charge < -0.3 is 31.4 Å². The third-order valence-corrected chi connectivity index (χ3v) is 7.44. The molecule has 1 aliphatic rings. The number of ether oxygens (including phenoxy) is 1. The normalized spacial score (nSPS) is 20.7. The van der Waals surface area contributed by atoms with E-state index >= 15 is 0 Å². The molecular weight excluding hydrogens is 538 g/mol. The number of H-pyrrole nitrogens is 1. The van der Waals surface area contributed by atoms with Crippen molar-refractivity contribution in [2.45, 2.75) is 70.0 Å². The Morgan fingerprint density at radius 2 is 1.74 bits per heavy atom. The molecular formula is C30H38N7O5. The van der Waals surface area contributed by atoms with Crippen molar-refractivity contribution in [3.8, 4) is 0 Å². The van der Waals surface area contributed by atoms with Gasteiger partial charge in [-0.2, -0.15) is 0 Å². The van der Waals surface area contributed by atoms with Crippen molar-refractivity contribution in [3.63, 3.8) is 0 Å². The summed E-state index contributed by atoms with van der Waals surface area (Å²) in [5.41, 5.74) is 16.6. The summed E-state index contributed by atoms with van der Waals surface area (Å²) in [5, 5.41) is 10.3. The van der Waals surface area contributed by atoms with E-state index in [1.165, 1.54) is 14.0 Å². The molecule has 3 atom stereocenters. The molecule has 1 unspecified atom stereocenters. The number of aromatic nitrogens is 1. The highest BCUT2D eigenvalue weighted by Crippen LogP contribution is 2.28. The highest BCUT2D eigenvalue weighted by Gasteiger charge is 2.30. The van der Waals surface area contributed by atoms with E-state index in [1.54, 1.807) is 0 Å². The topological polar surface area (TPSA) is 192 Å². The molecule has 1 aromatic heterocycles. The summed E-state index contributed by atoms with van der Waals surface area (Å²) >= 11 is 0. The molecule has 12 nitrogen and oxygen atoms in total. The zero-order valence-electron chi connectivity index (χ0n) is 23.9. The molecule has 12 heteroatoms. The summed E-state index contributed by atoms with van der Waals surface area (Å²) in [7, 11) is 1.27. The Bertz CT molecular complexity index is 1490. The first kappa shape index (κ1) is 30.4. The molecule has 4 bridgehead atoms. The Morgan fingerprint density at radius 1 is 1.05 bits per heavy atom. The molecule has 2 heterocycles. The van der Waals surface area contributed by atoms with Gasteiger partial charge in [-0.05, 0) is 67.5 Å². The number of nitrogens with one attached hydrogen (secondary N) is 5. The van der Waals surface area contributed by atoms with Gasteiger partial charge in [-0.15, -0.1) is 0 Å². The number of carbonyl (C=O) groups excluding carboxylic acids is 4. The predicted octanol–water partition coefficient (Wildman–Crippen LogP) is 1.62.